The Balaban J connectivity index is 1.75. The Kier molecular flexibility index (Phi) is 7.86. The van der Waals surface area contributed by atoms with Gasteiger partial charge in [-0.05, 0) is 26.3 Å². The van der Waals surface area contributed by atoms with Crippen LogP contribution < -0.4 is 10.5 Å². The monoisotopic (exact) mass is 425 g/mol. The van der Waals surface area contributed by atoms with Gasteiger partial charge in [-0.15, -0.1) is 0 Å². The quantitative estimate of drug-likeness (QED) is 0.518. The molecule has 1 aliphatic rings. The van der Waals surface area contributed by atoms with Crippen molar-refractivity contribution in [2.24, 2.45) is 10.7 Å². The molecule has 1 heterocycles. The molecule has 1 aromatic carbocycles. The molecule has 0 radical (unpaired) electrons. The minimum Gasteiger partial charge on any atom is -0.444 e. The van der Waals surface area contributed by atoms with E-state index < -0.39 is 15.6 Å². The minimum atomic E-state index is -3.44. The molecule has 0 unspecified atom stereocenters. The molecule has 9 nitrogen and oxygen atoms in total. The summed E-state index contributed by atoms with van der Waals surface area (Å²) < 4.78 is 32.1. The fourth-order valence-electron chi connectivity index (χ4n) is 2.69. The minimum absolute atomic E-state index is 0.0717. The lowest BCUT2D eigenvalue weighted by molar-refractivity contribution is 0.0186. The van der Waals surface area contributed by atoms with Crippen molar-refractivity contribution in [3.63, 3.8) is 0 Å². The van der Waals surface area contributed by atoms with Gasteiger partial charge in [-0.3, -0.25) is 4.99 Å². The van der Waals surface area contributed by atoms with E-state index in [9.17, 15) is 13.2 Å². The lowest BCUT2D eigenvalue weighted by Crippen LogP contribution is -2.53. The van der Waals surface area contributed by atoms with Gasteiger partial charge >= 0.3 is 6.09 Å². The van der Waals surface area contributed by atoms with E-state index in [-0.39, 0.29) is 30.9 Å². The molecule has 3 N–H and O–H groups in total. The first-order valence-corrected chi connectivity index (χ1v) is 11.2. The second-order valence-corrected chi connectivity index (χ2v) is 9.75. The summed E-state index contributed by atoms with van der Waals surface area (Å²) in [6.45, 7) is 7.79. The van der Waals surface area contributed by atoms with E-state index in [0.29, 0.717) is 26.2 Å². The van der Waals surface area contributed by atoms with E-state index in [1.54, 1.807) is 4.90 Å². The van der Waals surface area contributed by atoms with Crippen molar-refractivity contribution in [2.75, 3.05) is 38.5 Å². The number of piperazine rings is 1. The molecule has 1 fully saturated rings. The van der Waals surface area contributed by atoms with Crippen LogP contribution in [0.15, 0.2) is 35.3 Å². The number of guanidine groups is 1. The second-order valence-electron chi connectivity index (χ2n) is 7.82. The van der Waals surface area contributed by atoms with Gasteiger partial charge in [-0.2, -0.15) is 0 Å². The maximum absolute atomic E-state index is 12.1. The number of rotatable bonds is 6. The van der Waals surface area contributed by atoms with Crippen molar-refractivity contribution in [1.29, 1.82) is 0 Å². The number of carbonyl (C=O) groups excluding carboxylic acids is 1. The summed E-state index contributed by atoms with van der Waals surface area (Å²) in [4.78, 5) is 19.7. The molecule has 1 aromatic rings. The average molecular weight is 426 g/mol. The van der Waals surface area contributed by atoms with E-state index in [4.69, 9.17) is 10.5 Å². The highest BCUT2D eigenvalue weighted by Gasteiger charge is 2.26. The lowest BCUT2D eigenvalue weighted by atomic mass is 10.2. The van der Waals surface area contributed by atoms with E-state index in [1.807, 2.05) is 56.0 Å². The Morgan fingerprint density at radius 2 is 1.72 bits per heavy atom. The third-order valence-corrected chi connectivity index (χ3v) is 5.53. The van der Waals surface area contributed by atoms with Gasteiger partial charge in [0, 0.05) is 32.7 Å². The van der Waals surface area contributed by atoms with Gasteiger partial charge < -0.3 is 20.3 Å². The number of hydrogen-bond donors (Lipinski definition) is 2. The summed E-state index contributed by atoms with van der Waals surface area (Å²) >= 11 is 0. The number of nitrogens with zero attached hydrogens (tertiary/aromatic N) is 3. The summed E-state index contributed by atoms with van der Waals surface area (Å²) in [6.07, 6.45) is -0.344. The van der Waals surface area contributed by atoms with E-state index in [2.05, 4.69) is 9.71 Å². The van der Waals surface area contributed by atoms with Gasteiger partial charge in [0.1, 0.15) is 5.60 Å². The average Bonchev–Trinajstić information content (AvgIpc) is 2.66. The summed E-state index contributed by atoms with van der Waals surface area (Å²) in [6, 6.07) is 9.31. The molecule has 1 aliphatic heterocycles. The topological polar surface area (TPSA) is 117 Å². The predicted molar refractivity (Wildman–Crippen MR) is 113 cm³/mol. The van der Waals surface area contributed by atoms with Crippen LogP contribution >= 0.6 is 0 Å². The van der Waals surface area contributed by atoms with E-state index in [0.717, 1.165) is 5.56 Å². The Morgan fingerprint density at radius 1 is 1.14 bits per heavy atom. The second kappa shape index (κ2) is 9.93. The van der Waals surface area contributed by atoms with Crippen LogP contribution in [0.4, 0.5) is 4.79 Å². The van der Waals surface area contributed by atoms with Gasteiger partial charge in [0.2, 0.25) is 10.0 Å². The zero-order valence-corrected chi connectivity index (χ0v) is 18.1. The molecule has 0 aromatic heterocycles. The summed E-state index contributed by atoms with van der Waals surface area (Å²) in [5.41, 5.74) is 6.35. The highest BCUT2D eigenvalue weighted by Crippen LogP contribution is 2.11. The first-order chi connectivity index (χ1) is 13.6. The molecule has 10 heteroatoms. The van der Waals surface area contributed by atoms with Gasteiger partial charge in [0.25, 0.3) is 0 Å². The van der Waals surface area contributed by atoms with Crippen LogP contribution in [0.25, 0.3) is 0 Å². The number of amides is 1. The van der Waals surface area contributed by atoms with Crippen molar-refractivity contribution in [3.05, 3.63) is 35.9 Å². The SMILES string of the molecule is CC(C)(C)OC(=O)N1CCN(C(N)=NCCS(=O)(=O)NCc2ccccc2)CC1. The summed E-state index contributed by atoms with van der Waals surface area (Å²) in [7, 11) is -3.44. The molecular weight excluding hydrogens is 394 g/mol. The first-order valence-electron chi connectivity index (χ1n) is 9.60. The van der Waals surface area contributed by atoms with Gasteiger partial charge in [-0.1, -0.05) is 30.3 Å². The zero-order chi connectivity index (χ0) is 21.5. The van der Waals surface area contributed by atoms with Crippen molar-refractivity contribution in [2.45, 2.75) is 32.9 Å². The number of aliphatic imine (C=N–C) groups is 1. The van der Waals surface area contributed by atoms with Crippen LogP contribution in [0.1, 0.15) is 26.3 Å². The molecule has 162 valence electrons. The normalized spacial score (nSPS) is 16.0. The Hall–Kier alpha value is -2.33. The van der Waals surface area contributed by atoms with Crippen LogP contribution in [0, 0.1) is 0 Å². The summed E-state index contributed by atoms with van der Waals surface area (Å²) in [5.74, 6) is 0.144. The zero-order valence-electron chi connectivity index (χ0n) is 17.3. The Morgan fingerprint density at radius 3 is 2.31 bits per heavy atom. The van der Waals surface area contributed by atoms with Crippen LogP contribution in [0.3, 0.4) is 0 Å². The van der Waals surface area contributed by atoms with Gasteiger partial charge in [0.05, 0.1) is 12.3 Å². The van der Waals surface area contributed by atoms with Crippen LogP contribution in [0.5, 0.6) is 0 Å². The van der Waals surface area contributed by atoms with Crippen LogP contribution in [0.2, 0.25) is 0 Å². The smallest absolute Gasteiger partial charge is 0.410 e. The Bertz CT molecular complexity index is 798. The molecular formula is C19H31N5O4S. The molecule has 29 heavy (non-hydrogen) atoms. The highest BCUT2D eigenvalue weighted by molar-refractivity contribution is 7.89. The molecule has 0 bridgehead atoms. The van der Waals surface area contributed by atoms with E-state index in [1.165, 1.54) is 0 Å². The van der Waals surface area contributed by atoms with Gasteiger partial charge in [0.15, 0.2) is 5.96 Å². The highest BCUT2D eigenvalue weighted by atomic mass is 32.2. The maximum atomic E-state index is 12.1. The maximum Gasteiger partial charge on any atom is 0.410 e. The first kappa shape index (κ1) is 23.0. The largest absolute Gasteiger partial charge is 0.444 e. The van der Waals surface area contributed by atoms with Crippen LogP contribution in [-0.2, 0) is 21.3 Å². The third-order valence-electron chi connectivity index (χ3n) is 4.23. The fourth-order valence-corrected chi connectivity index (χ4v) is 3.55. The number of nitrogens with two attached hydrogens (primary N) is 1. The third kappa shape index (κ3) is 8.28. The van der Waals surface area contributed by atoms with Crippen LogP contribution in [-0.4, -0.2) is 74.3 Å². The molecule has 0 spiro atoms. The molecule has 0 atom stereocenters. The standard InChI is InChI=1S/C19H31N5O4S/c1-19(2,3)28-18(25)24-12-10-23(11-13-24)17(20)21-9-14-29(26,27)22-15-16-7-5-4-6-8-16/h4-8,22H,9-15H2,1-3H3,(H2,20,21). The number of sulfonamides is 1. The molecule has 1 saturated heterocycles. The van der Waals surface area contributed by atoms with Crippen molar-refractivity contribution in [3.8, 4) is 0 Å². The molecule has 0 aliphatic carbocycles. The van der Waals surface area contributed by atoms with Gasteiger partial charge in [-0.25, -0.2) is 17.9 Å². The van der Waals surface area contributed by atoms with Crippen molar-refractivity contribution >= 4 is 22.1 Å². The molecule has 0 saturated carbocycles. The summed E-state index contributed by atoms with van der Waals surface area (Å²) in [5, 5.41) is 0. The van der Waals surface area contributed by atoms with Crippen molar-refractivity contribution in [1.82, 2.24) is 14.5 Å². The Labute approximate surface area is 173 Å². The number of carbonyl (C=O) groups is 1. The molecule has 1 amide bonds. The number of ether oxygens (including phenoxy) is 1. The van der Waals surface area contributed by atoms with E-state index >= 15 is 0 Å². The number of nitrogens with one attached hydrogen (secondary N) is 1. The number of benzene rings is 1. The molecule has 2 rings (SSSR count). The fraction of sp³-hybridized carbons (Fsp3) is 0.579. The number of hydrogen-bond acceptors (Lipinski definition) is 5. The lowest BCUT2D eigenvalue weighted by Gasteiger charge is -2.36. The predicted octanol–water partition coefficient (Wildman–Crippen LogP) is 0.973. The van der Waals surface area contributed by atoms with Crippen molar-refractivity contribution < 1.29 is 17.9 Å².